The Kier molecular flexibility index (Phi) is 9.76. The van der Waals surface area contributed by atoms with Crippen LogP contribution in [-0.4, -0.2) is 57.6 Å². The van der Waals surface area contributed by atoms with E-state index in [0.717, 1.165) is 16.1 Å². The number of benzene rings is 2. The molecule has 0 bridgehead atoms. The molecule has 0 saturated carbocycles. The summed E-state index contributed by atoms with van der Waals surface area (Å²) < 4.78 is 31.6. The number of halogens is 1. The molecule has 10 heteroatoms. The second kappa shape index (κ2) is 12.1. The van der Waals surface area contributed by atoms with Crippen molar-refractivity contribution >= 4 is 39.1 Å². The van der Waals surface area contributed by atoms with E-state index in [2.05, 4.69) is 5.32 Å². The predicted octanol–water partition coefficient (Wildman–Crippen LogP) is 3.30. The summed E-state index contributed by atoms with van der Waals surface area (Å²) >= 11 is 6.10. The molecule has 1 N–H and O–H groups in total. The van der Waals surface area contributed by atoms with Crippen molar-refractivity contribution < 1.29 is 22.7 Å². The first-order chi connectivity index (χ1) is 15.9. The van der Waals surface area contributed by atoms with Crippen LogP contribution in [0.15, 0.2) is 48.5 Å². The van der Waals surface area contributed by atoms with E-state index in [9.17, 15) is 18.0 Å². The topological polar surface area (TPSA) is 96.0 Å². The zero-order valence-corrected chi connectivity index (χ0v) is 21.7. The second-order valence-corrected chi connectivity index (χ2v) is 10.8. The molecule has 34 heavy (non-hydrogen) atoms. The molecule has 0 fully saturated rings. The average molecular weight is 510 g/mol. The maximum absolute atomic E-state index is 13.5. The van der Waals surface area contributed by atoms with Gasteiger partial charge < -0.3 is 15.0 Å². The van der Waals surface area contributed by atoms with E-state index in [1.807, 2.05) is 44.2 Å². The summed E-state index contributed by atoms with van der Waals surface area (Å²) in [6.45, 7) is 5.65. The number of nitrogens with one attached hydrogen (secondary N) is 1. The predicted molar refractivity (Wildman–Crippen MR) is 134 cm³/mol. The molecule has 2 aromatic rings. The lowest BCUT2D eigenvalue weighted by Gasteiger charge is -2.32. The fourth-order valence-electron chi connectivity index (χ4n) is 3.27. The summed E-state index contributed by atoms with van der Waals surface area (Å²) in [7, 11) is -2.49. The summed E-state index contributed by atoms with van der Waals surface area (Å²) in [5.41, 5.74) is 0.952. The number of hydrogen-bond acceptors (Lipinski definition) is 5. The Labute approximate surface area is 206 Å². The van der Waals surface area contributed by atoms with Crippen LogP contribution >= 0.6 is 11.6 Å². The molecule has 2 amide bonds. The van der Waals surface area contributed by atoms with Crippen LogP contribution in [0, 0.1) is 5.92 Å². The van der Waals surface area contributed by atoms with Crippen molar-refractivity contribution in [2.75, 3.05) is 30.8 Å². The van der Waals surface area contributed by atoms with E-state index in [1.54, 1.807) is 13.0 Å². The number of methoxy groups -OCH3 is 1. The van der Waals surface area contributed by atoms with Gasteiger partial charge in [-0.1, -0.05) is 55.8 Å². The van der Waals surface area contributed by atoms with Gasteiger partial charge in [-0.2, -0.15) is 0 Å². The first-order valence-corrected chi connectivity index (χ1v) is 13.1. The minimum atomic E-state index is -3.89. The largest absolute Gasteiger partial charge is 0.495 e. The molecule has 0 spiro atoms. The molecule has 0 aliphatic carbocycles. The highest BCUT2D eigenvalue weighted by molar-refractivity contribution is 7.92. The third-order valence-corrected chi connectivity index (χ3v) is 6.50. The van der Waals surface area contributed by atoms with Crippen LogP contribution in [0.4, 0.5) is 5.69 Å². The van der Waals surface area contributed by atoms with Crippen LogP contribution in [0.1, 0.15) is 26.3 Å². The fraction of sp³-hybridized carbons (Fsp3) is 0.417. The minimum absolute atomic E-state index is 0.139. The zero-order valence-electron chi connectivity index (χ0n) is 20.1. The monoisotopic (exact) mass is 509 g/mol. The van der Waals surface area contributed by atoms with Crippen molar-refractivity contribution in [1.82, 2.24) is 10.2 Å². The van der Waals surface area contributed by atoms with Gasteiger partial charge in [-0.15, -0.1) is 0 Å². The number of rotatable bonds is 11. The Morgan fingerprint density at radius 2 is 1.74 bits per heavy atom. The van der Waals surface area contributed by atoms with Crippen molar-refractivity contribution in [2.24, 2.45) is 5.92 Å². The van der Waals surface area contributed by atoms with Gasteiger partial charge in [-0.25, -0.2) is 8.42 Å². The number of ether oxygens (including phenoxy) is 1. The first-order valence-electron chi connectivity index (χ1n) is 10.9. The maximum atomic E-state index is 13.5. The summed E-state index contributed by atoms with van der Waals surface area (Å²) in [5, 5.41) is 3.13. The number of carbonyl (C=O) groups is 2. The van der Waals surface area contributed by atoms with Crippen molar-refractivity contribution in [3.63, 3.8) is 0 Å². The molecule has 1 atom stereocenters. The Morgan fingerprint density at radius 1 is 1.09 bits per heavy atom. The van der Waals surface area contributed by atoms with Gasteiger partial charge in [0, 0.05) is 18.1 Å². The SMILES string of the molecule is COc1ccc(Cl)cc1N(CC(=O)N(Cc1ccccc1)C(C)C(=O)NCC(C)C)S(C)(=O)=O. The molecule has 0 aliphatic heterocycles. The number of anilines is 1. The van der Waals surface area contributed by atoms with Gasteiger partial charge in [0.05, 0.1) is 19.1 Å². The van der Waals surface area contributed by atoms with E-state index in [4.69, 9.17) is 16.3 Å². The van der Waals surface area contributed by atoms with Crippen LogP contribution < -0.4 is 14.4 Å². The van der Waals surface area contributed by atoms with Crippen molar-refractivity contribution in [1.29, 1.82) is 0 Å². The van der Waals surface area contributed by atoms with Crippen LogP contribution in [0.25, 0.3) is 0 Å². The number of carbonyl (C=O) groups excluding carboxylic acids is 2. The Bertz CT molecular complexity index is 1090. The lowest BCUT2D eigenvalue weighted by molar-refractivity contribution is -0.139. The van der Waals surface area contributed by atoms with Crippen LogP contribution in [-0.2, 0) is 26.2 Å². The molecular weight excluding hydrogens is 478 g/mol. The van der Waals surface area contributed by atoms with Crippen molar-refractivity contribution in [2.45, 2.75) is 33.4 Å². The van der Waals surface area contributed by atoms with Gasteiger partial charge in [-0.3, -0.25) is 13.9 Å². The van der Waals surface area contributed by atoms with Crippen molar-refractivity contribution in [3.05, 3.63) is 59.1 Å². The standard InChI is InChI=1S/C24H32ClN3O5S/c1-17(2)14-26-24(30)18(3)27(15-19-9-7-6-8-10-19)23(29)16-28(34(5,31)32)21-13-20(25)11-12-22(21)33-4/h6-13,17-18H,14-16H2,1-5H3,(H,26,30). The van der Waals surface area contributed by atoms with Gasteiger partial charge in [0.15, 0.2) is 0 Å². The normalized spacial score (nSPS) is 12.2. The minimum Gasteiger partial charge on any atom is -0.495 e. The van der Waals surface area contributed by atoms with Gasteiger partial charge in [-0.05, 0) is 36.6 Å². The molecule has 1 unspecified atom stereocenters. The molecule has 0 heterocycles. The number of nitrogens with zero attached hydrogens (tertiary/aromatic N) is 2. The third kappa shape index (κ3) is 7.63. The van der Waals surface area contributed by atoms with E-state index < -0.39 is 28.5 Å². The molecule has 0 radical (unpaired) electrons. The quantitative estimate of drug-likeness (QED) is 0.501. The van der Waals surface area contributed by atoms with E-state index in [-0.39, 0.29) is 29.8 Å². The van der Waals surface area contributed by atoms with Crippen LogP contribution in [0.2, 0.25) is 5.02 Å². The number of hydrogen-bond donors (Lipinski definition) is 1. The molecule has 2 aromatic carbocycles. The Hall–Kier alpha value is -2.78. The highest BCUT2D eigenvalue weighted by Crippen LogP contribution is 2.33. The van der Waals surface area contributed by atoms with Gasteiger partial charge in [0.2, 0.25) is 21.8 Å². The smallest absolute Gasteiger partial charge is 0.244 e. The molecule has 0 aromatic heterocycles. The zero-order chi connectivity index (χ0) is 25.5. The van der Waals surface area contributed by atoms with E-state index in [0.29, 0.717) is 11.6 Å². The first kappa shape index (κ1) is 27.5. The van der Waals surface area contributed by atoms with Gasteiger partial charge in [0.25, 0.3) is 0 Å². The van der Waals surface area contributed by atoms with Gasteiger partial charge >= 0.3 is 0 Å². The highest BCUT2D eigenvalue weighted by Gasteiger charge is 2.31. The van der Waals surface area contributed by atoms with E-state index >= 15 is 0 Å². The molecule has 0 saturated heterocycles. The lowest BCUT2D eigenvalue weighted by Crippen LogP contribution is -2.51. The summed E-state index contributed by atoms with van der Waals surface area (Å²) in [6, 6.07) is 12.9. The molecule has 2 rings (SSSR count). The number of sulfonamides is 1. The van der Waals surface area contributed by atoms with Crippen molar-refractivity contribution in [3.8, 4) is 5.75 Å². The van der Waals surface area contributed by atoms with E-state index in [1.165, 1.54) is 24.1 Å². The third-order valence-electron chi connectivity index (χ3n) is 5.14. The molecule has 0 aliphatic rings. The number of amides is 2. The lowest BCUT2D eigenvalue weighted by atomic mass is 10.1. The Morgan fingerprint density at radius 3 is 2.29 bits per heavy atom. The fourth-order valence-corrected chi connectivity index (χ4v) is 4.28. The van der Waals surface area contributed by atoms with Crippen LogP contribution in [0.3, 0.4) is 0 Å². The summed E-state index contributed by atoms with van der Waals surface area (Å²) in [4.78, 5) is 27.7. The van der Waals surface area contributed by atoms with Gasteiger partial charge in [0.1, 0.15) is 18.3 Å². The molecule has 8 nitrogen and oxygen atoms in total. The maximum Gasteiger partial charge on any atom is 0.244 e. The Balaban J connectivity index is 2.41. The summed E-state index contributed by atoms with van der Waals surface area (Å²) in [6.07, 6.45) is 1.00. The van der Waals surface area contributed by atoms with Crippen LogP contribution in [0.5, 0.6) is 5.75 Å². The second-order valence-electron chi connectivity index (χ2n) is 8.41. The molecule has 186 valence electrons. The highest BCUT2D eigenvalue weighted by atomic mass is 35.5. The average Bonchev–Trinajstić information content (AvgIpc) is 2.78. The summed E-state index contributed by atoms with van der Waals surface area (Å²) in [5.74, 6) is -0.363. The molecular formula is C24H32ClN3O5S.